The number of aliphatic imine (C=N–C) groups is 2. The van der Waals surface area contributed by atoms with Crippen molar-refractivity contribution in [3.8, 4) is 0 Å². The minimum atomic E-state index is -0.555. The van der Waals surface area contributed by atoms with E-state index in [1.807, 2.05) is 36.4 Å². The van der Waals surface area contributed by atoms with Gasteiger partial charge in [-0.2, -0.15) is 0 Å². The predicted molar refractivity (Wildman–Crippen MR) is 108 cm³/mol. The summed E-state index contributed by atoms with van der Waals surface area (Å²) in [4.78, 5) is 20.6. The molecule has 0 aliphatic carbocycles. The lowest BCUT2D eigenvalue weighted by molar-refractivity contribution is -0.142. The molecular weight excluding hydrogens is 371 g/mol. The minimum Gasteiger partial charge on any atom is -0.467 e. The Morgan fingerprint density at radius 3 is 2.27 bits per heavy atom. The second-order valence-electron chi connectivity index (χ2n) is 5.60. The molecular formula is C20H20Cl2N2O2. The topological polar surface area (TPSA) is 51.0 Å². The van der Waals surface area contributed by atoms with Crippen LogP contribution in [0.4, 0.5) is 0 Å². The Balaban J connectivity index is 1.88. The SMILES string of the molecule is COC(=O)C(CCCN=Cc1cccc(Cl)c1)N=Cc1cccc(Cl)c1. The number of halogens is 2. The fourth-order valence-electron chi connectivity index (χ4n) is 2.28. The Morgan fingerprint density at radius 2 is 1.69 bits per heavy atom. The standard InChI is InChI=1S/C20H20Cl2N2O2/c1-26-20(25)19(24-14-16-6-3-8-18(22)12-16)9-4-10-23-13-15-5-2-7-17(21)11-15/h2-3,5-8,11-14,19H,4,9-10H2,1H3. The highest BCUT2D eigenvalue weighted by molar-refractivity contribution is 6.31. The zero-order chi connectivity index (χ0) is 18.8. The Morgan fingerprint density at radius 1 is 1.08 bits per heavy atom. The highest BCUT2D eigenvalue weighted by Crippen LogP contribution is 2.11. The lowest BCUT2D eigenvalue weighted by Gasteiger charge is -2.09. The van der Waals surface area contributed by atoms with E-state index in [0.29, 0.717) is 29.4 Å². The van der Waals surface area contributed by atoms with E-state index in [0.717, 1.165) is 11.1 Å². The normalized spacial score (nSPS) is 12.6. The van der Waals surface area contributed by atoms with E-state index in [1.54, 1.807) is 24.6 Å². The van der Waals surface area contributed by atoms with Crippen LogP contribution in [0.25, 0.3) is 0 Å². The van der Waals surface area contributed by atoms with Crippen molar-refractivity contribution in [3.05, 3.63) is 69.7 Å². The smallest absolute Gasteiger partial charge is 0.330 e. The van der Waals surface area contributed by atoms with E-state index in [1.165, 1.54) is 7.11 Å². The number of esters is 1. The number of carbonyl (C=O) groups is 1. The fraction of sp³-hybridized carbons (Fsp3) is 0.250. The van der Waals surface area contributed by atoms with Crippen LogP contribution in [-0.2, 0) is 9.53 Å². The summed E-state index contributed by atoms with van der Waals surface area (Å²) in [5.41, 5.74) is 1.78. The molecule has 2 rings (SSSR count). The number of rotatable bonds is 8. The van der Waals surface area contributed by atoms with Crippen LogP contribution in [0.15, 0.2) is 58.5 Å². The predicted octanol–water partition coefficient (Wildman–Crippen LogP) is 4.85. The average Bonchev–Trinajstić information content (AvgIpc) is 2.63. The Hall–Kier alpha value is -2.17. The maximum Gasteiger partial charge on any atom is 0.330 e. The zero-order valence-corrected chi connectivity index (χ0v) is 16.0. The average molecular weight is 391 g/mol. The fourth-order valence-corrected chi connectivity index (χ4v) is 2.68. The molecule has 0 saturated carbocycles. The molecule has 1 atom stereocenters. The summed E-state index contributed by atoms with van der Waals surface area (Å²) >= 11 is 11.9. The lowest BCUT2D eigenvalue weighted by Crippen LogP contribution is -2.20. The summed E-state index contributed by atoms with van der Waals surface area (Å²) in [5, 5.41) is 1.30. The molecule has 0 bridgehead atoms. The molecule has 0 N–H and O–H groups in total. The van der Waals surface area contributed by atoms with E-state index in [-0.39, 0.29) is 5.97 Å². The van der Waals surface area contributed by atoms with Crippen LogP contribution < -0.4 is 0 Å². The summed E-state index contributed by atoms with van der Waals surface area (Å²) in [7, 11) is 1.36. The van der Waals surface area contributed by atoms with Gasteiger partial charge >= 0.3 is 5.97 Å². The molecule has 0 fully saturated rings. The van der Waals surface area contributed by atoms with E-state index in [4.69, 9.17) is 27.9 Å². The quantitative estimate of drug-likeness (QED) is 0.367. The summed E-state index contributed by atoms with van der Waals surface area (Å²) in [5.74, 6) is -0.359. The Kier molecular flexibility index (Phi) is 8.32. The molecule has 0 spiro atoms. The maximum atomic E-state index is 11.9. The van der Waals surface area contributed by atoms with Crippen LogP contribution in [-0.4, -0.2) is 38.1 Å². The van der Waals surface area contributed by atoms with E-state index in [9.17, 15) is 4.79 Å². The molecule has 0 saturated heterocycles. The van der Waals surface area contributed by atoms with E-state index >= 15 is 0 Å². The van der Waals surface area contributed by atoms with Gasteiger partial charge in [-0.15, -0.1) is 0 Å². The molecule has 4 nitrogen and oxygen atoms in total. The van der Waals surface area contributed by atoms with Crippen molar-refractivity contribution in [3.63, 3.8) is 0 Å². The molecule has 2 aromatic carbocycles. The molecule has 0 radical (unpaired) electrons. The van der Waals surface area contributed by atoms with Gasteiger partial charge in [-0.25, -0.2) is 4.79 Å². The van der Waals surface area contributed by atoms with Crippen molar-refractivity contribution in [1.82, 2.24) is 0 Å². The van der Waals surface area contributed by atoms with Crippen LogP contribution in [0.3, 0.4) is 0 Å². The third kappa shape index (κ3) is 6.98. The zero-order valence-electron chi connectivity index (χ0n) is 14.4. The van der Waals surface area contributed by atoms with Gasteiger partial charge in [-0.3, -0.25) is 9.98 Å². The van der Waals surface area contributed by atoms with Gasteiger partial charge in [-0.1, -0.05) is 47.5 Å². The summed E-state index contributed by atoms with van der Waals surface area (Å²) < 4.78 is 4.83. The molecule has 0 aliphatic heterocycles. The van der Waals surface area contributed by atoms with Crippen LogP contribution in [0.5, 0.6) is 0 Å². The summed E-state index contributed by atoms with van der Waals surface area (Å²) in [6.45, 7) is 0.590. The van der Waals surface area contributed by atoms with Gasteiger partial charge in [0.15, 0.2) is 0 Å². The molecule has 2 aromatic rings. The van der Waals surface area contributed by atoms with E-state index in [2.05, 4.69) is 9.98 Å². The molecule has 0 amide bonds. The third-order valence-corrected chi connectivity index (χ3v) is 4.05. The molecule has 136 valence electrons. The number of ether oxygens (including phenoxy) is 1. The second kappa shape index (κ2) is 10.7. The maximum absolute atomic E-state index is 11.9. The van der Waals surface area contributed by atoms with Gasteiger partial charge in [0.25, 0.3) is 0 Å². The summed E-state index contributed by atoms with van der Waals surface area (Å²) in [6.07, 6.45) is 4.68. The van der Waals surface area contributed by atoms with Gasteiger partial charge in [-0.05, 0) is 48.2 Å². The number of hydrogen-bond acceptors (Lipinski definition) is 4. The first-order chi connectivity index (χ1) is 12.6. The number of benzene rings is 2. The third-order valence-electron chi connectivity index (χ3n) is 3.58. The largest absolute Gasteiger partial charge is 0.467 e. The van der Waals surface area contributed by atoms with Gasteiger partial charge in [0.2, 0.25) is 0 Å². The van der Waals surface area contributed by atoms with Crippen molar-refractivity contribution >= 4 is 41.6 Å². The molecule has 0 aromatic heterocycles. The molecule has 6 heteroatoms. The number of methoxy groups -OCH3 is 1. The van der Waals surface area contributed by atoms with E-state index < -0.39 is 6.04 Å². The van der Waals surface area contributed by atoms with Crippen molar-refractivity contribution < 1.29 is 9.53 Å². The monoisotopic (exact) mass is 390 g/mol. The van der Waals surface area contributed by atoms with Crippen molar-refractivity contribution in [2.24, 2.45) is 9.98 Å². The number of nitrogens with zero attached hydrogens (tertiary/aromatic N) is 2. The molecule has 1 unspecified atom stereocenters. The van der Waals surface area contributed by atoms with Gasteiger partial charge < -0.3 is 4.74 Å². The molecule has 0 aliphatic rings. The highest BCUT2D eigenvalue weighted by Gasteiger charge is 2.16. The minimum absolute atomic E-state index is 0.359. The van der Waals surface area contributed by atoms with Gasteiger partial charge in [0.05, 0.1) is 7.11 Å². The van der Waals surface area contributed by atoms with Crippen molar-refractivity contribution in [2.45, 2.75) is 18.9 Å². The molecule has 26 heavy (non-hydrogen) atoms. The first-order valence-corrected chi connectivity index (χ1v) is 8.96. The van der Waals surface area contributed by atoms with Crippen molar-refractivity contribution in [2.75, 3.05) is 13.7 Å². The Bertz CT molecular complexity index is 791. The summed E-state index contributed by atoms with van der Waals surface area (Å²) in [6, 6.07) is 14.2. The second-order valence-corrected chi connectivity index (χ2v) is 6.48. The lowest BCUT2D eigenvalue weighted by atomic mass is 10.1. The highest BCUT2D eigenvalue weighted by atomic mass is 35.5. The number of hydrogen-bond donors (Lipinski definition) is 0. The number of carbonyl (C=O) groups excluding carboxylic acids is 1. The van der Waals surface area contributed by atoms with Gasteiger partial charge in [0, 0.05) is 29.0 Å². The first-order valence-electron chi connectivity index (χ1n) is 8.20. The van der Waals surface area contributed by atoms with Crippen LogP contribution >= 0.6 is 23.2 Å². The van der Waals surface area contributed by atoms with Crippen LogP contribution in [0.1, 0.15) is 24.0 Å². The Labute approximate surface area is 163 Å². The van der Waals surface area contributed by atoms with Crippen molar-refractivity contribution in [1.29, 1.82) is 0 Å². The van der Waals surface area contributed by atoms with Gasteiger partial charge in [0.1, 0.15) is 6.04 Å². The molecule has 0 heterocycles. The van der Waals surface area contributed by atoms with Crippen LogP contribution in [0, 0.1) is 0 Å². The van der Waals surface area contributed by atoms with Crippen LogP contribution in [0.2, 0.25) is 10.0 Å². The first kappa shape index (κ1) is 20.1.